The average molecular weight is 106 g/mol. The van der Waals surface area contributed by atoms with Gasteiger partial charge < -0.3 is 14.5 Å². The van der Waals surface area contributed by atoms with Crippen LogP contribution in [0.5, 0.6) is 0 Å². The van der Waals surface area contributed by atoms with E-state index in [2.05, 4.69) is 10.7 Å². The Balaban J connectivity index is 2.81. The summed E-state index contributed by atoms with van der Waals surface area (Å²) in [7, 11) is -1.40. The van der Waals surface area contributed by atoms with Crippen LogP contribution in [0.1, 0.15) is 0 Å². The van der Waals surface area contributed by atoms with Crippen LogP contribution < -0.4 is 0 Å². The largest absolute Gasteiger partial charge is 0.642 e. The smallest absolute Gasteiger partial charge is 0.401 e. The van der Waals surface area contributed by atoms with Gasteiger partial charge in [-0.2, -0.15) is 0 Å². The molecule has 5 heteroatoms. The molecular formula is CH4BO3P. The Kier molecular flexibility index (Phi) is 3.37. The van der Waals surface area contributed by atoms with Crippen LogP contribution in [-0.4, -0.2) is 23.7 Å². The quantitative estimate of drug-likeness (QED) is 0.360. The van der Waals surface area contributed by atoms with Gasteiger partial charge in [0, 0.05) is 8.43 Å². The first kappa shape index (κ1) is 6.11. The van der Waals surface area contributed by atoms with Gasteiger partial charge in [0.25, 0.3) is 0 Å². The fourth-order valence-corrected chi connectivity index (χ4v) is 0.200. The first-order chi connectivity index (χ1) is 2.77. The van der Waals surface area contributed by atoms with E-state index in [1.807, 2.05) is 0 Å². The second-order valence-electron chi connectivity index (χ2n) is 0.561. The van der Waals surface area contributed by atoms with Gasteiger partial charge in [0.1, 0.15) is 0 Å². The summed E-state index contributed by atoms with van der Waals surface area (Å²) in [5.74, 6) is 0. The van der Waals surface area contributed by atoms with Gasteiger partial charge >= 0.3 is 7.32 Å². The Morgan fingerprint density at radius 2 is 2.17 bits per heavy atom. The predicted octanol–water partition coefficient (Wildman–Crippen LogP) is -0.734. The molecule has 0 heterocycles. The van der Waals surface area contributed by atoms with Gasteiger partial charge in [0.2, 0.25) is 0 Å². The Labute approximate surface area is 37.6 Å². The molecule has 6 heavy (non-hydrogen) atoms. The molecule has 0 saturated carbocycles. The molecule has 0 atom stereocenters. The van der Waals surface area contributed by atoms with Crippen molar-refractivity contribution in [2.75, 3.05) is 0 Å². The summed E-state index contributed by atoms with van der Waals surface area (Å²) < 4.78 is 4.01. The molecule has 0 spiro atoms. The van der Waals surface area contributed by atoms with Crippen molar-refractivity contribution in [3.05, 3.63) is 0 Å². The highest BCUT2D eigenvalue weighted by Gasteiger charge is 2.03. The van der Waals surface area contributed by atoms with E-state index < -0.39 is 7.32 Å². The molecule has 0 rings (SSSR count). The monoisotopic (exact) mass is 106 g/mol. The predicted molar refractivity (Wildman–Crippen MR) is 25.3 cm³/mol. The van der Waals surface area contributed by atoms with Gasteiger partial charge in [0.05, 0.1) is 0 Å². The van der Waals surface area contributed by atoms with E-state index in [1.165, 1.54) is 0 Å². The van der Waals surface area contributed by atoms with Gasteiger partial charge in [-0.05, 0) is 6.30 Å². The zero-order chi connectivity index (χ0) is 4.99. The third-order valence-corrected chi connectivity index (χ3v) is 0.506. The van der Waals surface area contributed by atoms with E-state index in [0.717, 1.165) is 0 Å². The normalized spacial score (nSPS) is 9.00. The minimum atomic E-state index is -1.68. The lowest BCUT2D eigenvalue weighted by atomic mass is 10.3. The van der Waals surface area contributed by atoms with Crippen LogP contribution in [0, 0.1) is 0 Å². The maximum atomic E-state index is 7.84. The maximum absolute atomic E-state index is 7.84. The summed E-state index contributed by atoms with van der Waals surface area (Å²) in [6.45, 7) is 0. The summed E-state index contributed by atoms with van der Waals surface area (Å²) >= 11 is 0. The van der Waals surface area contributed by atoms with Crippen LogP contribution in [0.4, 0.5) is 0 Å². The molecule has 34 valence electrons. The maximum Gasteiger partial charge on any atom is 0.642 e. The molecule has 0 aliphatic carbocycles. The topological polar surface area (TPSA) is 49.7 Å². The van der Waals surface area contributed by atoms with Crippen molar-refractivity contribution >= 4 is 22.1 Å². The highest BCUT2D eigenvalue weighted by atomic mass is 31.1. The minimum absolute atomic E-state index is 0.274. The Bertz CT molecular complexity index is 46.1. The number of hydrogen-bond acceptors (Lipinski definition) is 3. The van der Waals surface area contributed by atoms with E-state index in [9.17, 15) is 0 Å². The number of rotatable bonds is 2. The lowest BCUT2D eigenvalue weighted by Crippen LogP contribution is -2.09. The minimum Gasteiger partial charge on any atom is -0.401 e. The summed E-state index contributed by atoms with van der Waals surface area (Å²) in [4.78, 5) is 0. The Morgan fingerprint density at radius 1 is 1.67 bits per heavy atom. The molecule has 0 saturated heterocycles. The Hall–Kier alpha value is 0.115. The molecule has 0 fully saturated rings. The van der Waals surface area contributed by atoms with Crippen molar-refractivity contribution in [1.29, 1.82) is 0 Å². The zero-order valence-corrected chi connectivity index (χ0v) is 3.93. The summed E-state index contributed by atoms with van der Waals surface area (Å²) in [5, 5.41) is 15.7. The SMILES string of the molecule is C=POB(O)O. The highest BCUT2D eigenvalue weighted by molar-refractivity contribution is 7.32. The summed E-state index contributed by atoms with van der Waals surface area (Å²) in [6.07, 6.45) is 3.16. The van der Waals surface area contributed by atoms with E-state index in [1.54, 1.807) is 0 Å². The molecule has 0 bridgehead atoms. The van der Waals surface area contributed by atoms with Gasteiger partial charge in [-0.3, -0.25) is 0 Å². The highest BCUT2D eigenvalue weighted by Crippen LogP contribution is 1.90. The molecular weight excluding hydrogens is 102 g/mol. The molecule has 2 N–H and O–H groups in total. The molecule has 0 aliphatic heterocycles. The van der Waals surface area contributed by atoms with Crippen LogP contribution in [-0.2, 0) is 4.44 Å². The molecule has 3 nitrogen and oxygen atoms in total. The molecule has 0 aromatic carbocycles. The van der Waals surface area contributed by atoms with Crippen molar-refractivity contribution in [3.63, 3.8) is 0 Å². The third kappa shape index (κ3) is 4.11. The zero-order valence-electron chi connectivity index (χ0n) is 3.03. The molecule has 0 aromatic heterocycles. The van der Waals surface area contributed by atoms with Gasteiger partial charge in [0.15, 0.2) is 0 Å². The second kappa shape index (κ2) is 3.31. The van der Waals surface area contributed by atoms with Gasteiger partial charge in [-0.15, -0.1) is 0 Å². The Morgan fingerprint density at radius 3 is 2.17 bits per heavy atom. The van der Waals surface area contributed by atoms with Crippen molar-refractivity contribution in [1.82, 2.24) is 0 Å². The first-order valence-corrected chi connectivity index (χ1v) is 2.25. The number of hydrogen-bond donors (Lipinski definition) is 2. The van der Waals surface area contributed by atoms with Crippen LogP contribution in [0.25, 0.3) is 0 Å². The lowest BCUT2D eigenvalue weighted by molar-refractivity contribution is 0.306. The summed E-state index contributed by atoms with van der Waals surface area (Å²) in [6, 6.07) is 0. The summed E-state index contributed by atoms with van der Waals surface area (Å²) in [5.41, 5.74) is 0. The van der Waals surface area contributed by atoms with E-state index in [0.29, 0.717) is 0 Å². The fourth-order valence-electron chi connectivity index (χ4n) is 0.0667. The van der Waals surface area contributed by atoms with Crippen molar-refractivity contribution < 1.29 is 14.5 Å². The lowest BCUT2D eigenvalue weighted by Gasteiger charge is -1.85. The second-order valence-corrected chi connectivity index (χ2v) is 1.03. The molecule has 0 unspecified atom stereocenters. The standard InChI is InChI=1S/CH4BO3P/c1-6-5-2(3)4/h3-4H,1H2. The van der Waals surface area contributed by atoms with Gasteiger partial charge in [-0.25, -0.2) is 0 Å². The van der Waals surface area contributed by atoms with Crippen molar-refractivity contribution in [3.8, 4) is 0 Å². The molecule has 0 amide bonds. The molecule has 0 radical (unpaired) electrons. The van der Waals surface area contributed by atoms with Gasteiger partial charge in [-0.1, -0.05) is 0 Å². The van der Waals surface area contributed by atoms with E-state index in [4.69, 9.17) is 10.0 Å². The van der Waals surface area contributed by atoms with Crippen LogP contribution in [0.15, 0.2) is 0 Å². The van der Waals surface area contributed by atoms with E-state index in [-0.39, 0.29) is 8.43 Å². The van der Waals surface area contributed by atoms with Crippen molar-refractivity contribution in [2.45, 2.75) is 0 Å². The molecule has 0 aliphatic rings. The molecule has 0 aromatic rings. The van der Waals surface area contributed by atoms with E-state index >= 15 is 0 Å². The average Bonchev–Trinajstić information content (AvgIpc) is 1.35. The third-order valence-electron chi connectivity index (χ3n) is 0.169. The van der Waals surface area contributed by atoms with Crippen LogP contribution in [0.3, 0.4) is 0 Å². The fraction of sp³-hybridized carbons (Fsp3) is 0. The van der Waals surface area contributed by atoms with Crippen LogP contribution >= 0.6 is 8.43 Å². The van der Waals surface area contributed by atoms with Crippen LogP contribution in [0.2, 0.25) is 0 Å². The van der Waals surface area contributed by atoms with Crippen molar-refractivity contribution in [2.24, 2.45) is 0 Å². The first-order valence-electron chi connectivity index (χ1n) is 1.25.